The van der Waals surface area contributed by atoms with E-state index in [0.717, 1.165) is 6.42 Å². The van der Waals surface area contributed by atoms with Crippen molar-refractivity contribution >= 4 is 21.6 Å². The fraction of sp³-hybridized carbons (Fsp3) is 0.350. The lowest BCUT2D eigenvalue weighted by Crippen LogP contribution is -2.43. The van der Waals surface area contributed by atoms with Gasteiger partial charge in [-0.25, -0.2) is 8.42 Å². The van der Waals surface area contributed by atoms with Gasteiger partial charge in [0, 0.05) is 16.8 Å². The van der Waals surface area contributed by atoms with Crippen LogP contribution in [0.15, 0.2) is 47.4 Å². The number of hydrogen-bond donors (Lipinski definition) is 2. The molecule has 0 bridgehead atoms. The van der Waals surface area contributed by atoms with E-state index in [2.05, 4.69) is 10.0 Å². The van der Waals surface area contributed by atoms with Crippen LogP contribution < -0.4 is 14.8 Å². The topological polar surface area (TPSA) is 84.5 Å². The predicted octanol–water partition coefficient (Wildman–Crippen LogP) is 3.72. The lowest BCUT2D eigenvalue weighted by Gasteiger charge is -2.25. The molecule has 6 nitrogen and oxygen atoms in total. The Morgan fingerprint density at radius 3 is 2.30 bits per heavy atom. The summed E-state index contributed by atoms with van der Waals surface area (Å²) in [5.41, 5.74) is 1.09. The van der Waals surface area contributed by atoms with Crippen molar-refractivity contribution in [2.75, 3.05) is 11.8 Å². The number of anilines is 1. The number of benzene rings is 2. The Morgan fingerprint density at radius 2 is 1.74 bits per heavy atom. The first kappa shape index (κ1) is 20.8. The first-order chi connectivity index (χ1) is 12.6. The lowest BCUT2D eigenvalue weighted by atomic mass is 10.0. The highest BCUT2D eigenvalue weighted by Gasteiger charge is 2.22. The van der Waals surface area contributed by atoms with E-state index in [4.69, 9.17) is 4.74 Å². The summed E-state index contributed by atoms with van der Waals surface area (Å²) >= 11 is 0. The second-order valence-electron chi connectivity index (χ2n) is 7.00. The van der Waals surface area contributed by atoms with Gasteiger partial charge < -0.3 is 10.1 Å². The van der Waals surface area contributed by atoms with Gasteiger partial charge in [0.15, 0.2) is 0 Å². The van der Waals surface area contributed by atoms with Crippen LogP contribution in [-0.4, -0.2) is 27.0 Å². The number of rotatable bonds is 7. The van der Waals surface area contributed by atoms with E-state index in [1.807, 2.05) is 20.8 Å². The predicted molar refractivity (Wildman–Crippen MR) is 107 cm³/mol. The van der Waals surface area contributed by atoms with Crippen LogP contribution in [0, 0.1) is 6.92 Å². The average Bonchev–Trinajstić information content (AvgIpc) is 2.61. The molecule has 2 aromatic carbocycles. The van der Waals surface area contributed by atoms with Crippen molar-refractivity contribution in [3.05, 3.63) is 53.6 Å². The van der Waals surface area contributed by atoms with Crippen molar-refractivity contribution in [2.24, 2.45) is 0 Å². The highest BCUT2D eigenvalue weighted by Crippen LogP contribution is 2.22. The Balaban J connectivity index is 2.30. The molecule has 0 spiro atoms. The zero-order valence-electron chi connectivity index (χ0n) is 16.3. The molecule has 0 aliphatic rings. The number of hydrogen-bond acceptors (Lipinski definition) is 4. The van der Waals surface area contributed by atoms with Crippen LogP contribution >= 0.6 is 0 Å². The van der Waals surface area contributed by atoms with Crippen molar-refractivity contribution in [1.29, 1.82) is 0 Å². The molecule has 27 heavy (non-hydrogen) atoms. The highest BCUT2D eigenvalue weighted by molar-refractivity contribution is 7.92. The van der Waals surface area contributed by atoms with Crippen LogP contribution in [0.4, 0.5) is 5.69 Å². The van der Waals surface area contributed by atoms with Crippen LogP contribution in [0.1, 0.15) is 43.1 Å². The SMILES string of the molecule is CCC(C)(C)NC(=O)c1cc(S(=O)(=O)Nc2ccc(OC)cc2)ccc1C. The van der Waals surface area contributed by atoms with Crippen LogP contribution in [0.3, 0.4) is 0 Å². The third-order valence-corrected chi connectivity index (χ3v) is 5.82. The zero-order valence-corrected chi connectivity index (χ0v) is 17.1. The van der Waals surface area contributed by atoms with E-state index in [9.17, 15) is 13.2 Å². The monoisotopic (exact) mass is 390 g/mol. The minimum atomic E-state index is -3.83. The number of nitrogens with one attached hydrogen (secondary N) is 2. The summed E-state index contributed by atoms with van der Waals surface area (Å²) in [5, 5.41) is 2.94. The Hall–Kier alpha value is -2.54. The summed E-state index contributed by atoms with van der Waals surface area (Å²) < 4.78 is 33.0. The Bertz CT molecular complexity index is 919. The molecule has 0 aliphatic carbocycles. The smallest absolute Gasteiger partial charge is 0.261 e. The summed E-state index contributed by atoms with van der Waals surface area (Å²) in [5.74, 6) is 0.339. The third-order valence-electron chi connectivity index (χ3n) is 4.44. The van der Waals surface area contributed by atoms with E-state index in [0.29, 0.717) is 22.6 Å². The van der Waals surface area contributed by atoms with Gasteiger partial charge in [-0.15, -0.1) is 0 Å². The number of carbonyl (C=O) groups is 1. The molecule has 1 amide bonds. The Kier molecular flexibility index (Phi) is 6.15. The molecule has 146 valence electrons. The molecule has 0 aliphatic heterocycles. The second-order valence-corrected chi connectivity index (χ2v) is 8.68. The number of ether oxygens (including phenoxy) is 1. The first-order valence-corrected chi connectivity index (χ1v) is 10.2. The van der Waals surface area contributed by atoms with Gasteiger partial charge in [0.25, 0.3) is 15.9 Å². The first-order valence-electron chi connectivity index (χ1n) is 8.68. The summed E-state index contributed by atoms with van der Waals surface area (Å²) in [4.78, 5) is 12.6. The van der Waals surface area contributed by atoms with Crippen molar-refractivity contribution in [2.45, 2.75) is 44.6 Å². The molecule has 7 heteroatoms. The molecule has 0 atom stereocenters. The summed E-state index contributed by atoms with van der Waals surface area (Å²) in [6, 6.07) is 11.1. The number of methoxy groups -OCH3 is 1. The van der Waals surface area contributed by atoms with Crippen molar-refractivity contribution in [3.63, 3.8) is 0 Å². The average molecular weight is 391 g/mol. The van der Waals surface area contributed by atoms with Crippen LogP contribution in [0.2, 0.25) is 0 Å². The molecule has 2 N–H and O–H groups in total. The molecule has 0 aromatic heterocycles. The fourth-order valence-electron chi connectivity index (χ4n) is 2.35. The number of sulfonamides is 1. The Morgan fingerprint density at radius 1 is 1.11 bits per heavy atom. The molecule has 0 unspecified atom stereocenters. The Labute approximate surface area is 161 Å². The van der Waals surface area contributed by atoms with Crippen molar-refractivity contribution in [3.8, 4) is 5.75 Å². The van der Waals surface area contributed by atoms with Gasteiger partial charge in [0.1, 0.15) is 5.75 Å². The molecule has 0 radical (unpaired) electrons. The normalized spacial score (nSPS) is 11.7. The molecular formula is C20H26N2O4S. The highest BCUT2D eigenvalue weighted by atomic mass is 32.2. The summed E-state index contributed by atoms with van der Waals surface area (Å²) in [6.45, 7) is 7.60. The van der Waals surface area contributed by atoms with Crippen molar-refractivity contribution in [1.82, 2.24) is 5.32 Å². The van der Waals surface area contributed by atoms with Crippen LogP contribution in [0.25, 0.3) is 0 Å². The van der Waals surface area contributed by atoms with Crippen molar-refractivity contribution < 1.29 is 17.9 Å². The third kappa shape index (κ3) is 5.23. The van der Waals surface area contributed by atoms with Gasteiger partial charge >= 0.3 is 0 Å². The van der Waals surface area contributed by atoms with Gasteiger partial charge in [-0.05, 0) is 69.2 Å². The summed E-state index contributed by atoms with van der Waals surface area (Å²) in [6.07, 6.45) is 0.759. The lowest BCUT2D eigenvalue weighted by molar-refractivity contribution is 0.0910. The minimum Gasteiger partial charge on any atom is -0.497 e. The molecular weight excluding hydrogens is 364 g/mol. The maximum Gasteiger partial charge on any atom is 0.261 e. The van der Waals surface area contributed by atoms with Gasteiger partial charge in [-0.1, -0.05) is 13.0 Å². The van der Waals surface area contributed by atoms with Crippen LogP contribution in [-0.2, 0) is 10.0 Å². The standard InChI is InChI=1S/C20H26N2O4S/c1-6-20(3,4)21-19(23)18-13-17(12-7-14(18)2)27(24,25)22-15-8-10-16(26-5)11-9-15/h7-13,22H,6H2,1-5H3,(H,21,23). The molecule has 0 heterocycles. The van der Waals surface area contributed by atoms with Gasteiger partial charge in [-0.3, -0.25) is 9.52 Å². The van der Waals surface area contributed by atoms with Gasteiger partial charge in [0.05, 0.1) is 12.0 Å². The van der Waals surface area contributed by atoms with E-state index in [1.165, 1.54) is 19.2 Å². The molecule has 2 aromatic rings. The number of amides is 1. The maximum absolute atomic E-state index is 12.7. The molecule has 0 saturated heterocycles. The van der Waals surface area contributed by atoms with Gasteiger partial charge in [-0.2, -0.15) is 0 Å². The van der Waals surface area contributed by atoms with E-state index < -0.39 is 10.0 Å². The molecule has 0 saturated carbocycles. The van der Waals surface area contributed by atoms with E-state index in [-0.39, 0.29) is 16.3 Å². The number of aryl methyl sites for hydroxylation is 1. The molecule has 0 fully saturated rings. The minimum absolute atomic E-state index is 0.0309. The zero-order chi connectivity index (χ0) is 20.2. The fourth-order valence-corrected chi connectivity index (χ4v) is 3.43. The van der Waals surface area contributed by atoms with E-state index in [1.54, 1.807) is 37.3 Å². The second kappa shape index (κ2) is 8.00. The summed E-state index contributed by atoms with van der Waals surface area (Å²) in [7, 11) is -2.29. The van der Waals surface area contributed by atoms with E-state index >= 15 is 0 Å². The quantitative estimate of drug-likeness (QED) is 0.755. The maximum atomic E-state index is 12.7. The van der Waals surface area contributed by atoms with Gasteiger partial charge in [0.2, 0.25) is 0 Å². The number of carbonyl (C=O) groups excluding carboxylic acids is 1. The van der Waals surface area contributed by atoms with Crippen LogP contribution in [0.5, 0.6) is 5.75 Å². The largest absolute Gasteiger partial charge is 0.497 e. The molecule has 2 rings (SSSR count).